The van der Waals surface area contributed by atoms with Crippen LogP contribution in [0.4, 0.5) is 26.7 Å². The van der Waals surface area contributed by atoms with Gasteiger partial charge in [0, 0.05) is 16.8 Å². The number of nitrogens with zero attached hydrogens (tertiary/aromatic N) is 3. The number of benzene rings is 3. The second kappa shape index (κ2) is 14.1. The van der Waals surface area contributed by atoms with Gasteiger partial charge >= 0.3 is 28.3 Å². The van der Waals surface area contributed by atoms with Crippen LogP contribution >= 0.6 is 0 Å². The van der Waals surface area contributed by atoms with Crippen molar-refractivity contribution in [2.45, 2.75) is 58.6 Å². The third-order valence-electron chi connectivity index (χ3n) is 7.53. The maximum absolute atomic E-state index is 15.7. The van der Waals surface area contributed by atoms with Crippen LogP contribution in [0.15, 0.2) is 76.3 Å². The summed E-state index contributed by atoms with van der Waals surface area (Å²) in [6.07, 6.45) is -6.68. The number of hydrogen-bond donors (Lipinski definition) is 1. The molecule has 17 heteroatoms. The number of halogens is 5. The fourth-order valence-corrected chi connectivity index (χ4v) is 6.05. The quantitative estimate of drug-likeness (QED) is 0.161. The van der Waals surface area contributed by atoms with Crippen molar-refractivity contribution >= 4 is 16.4 Å². The van der Waals surface area contributed by atoms with E-state index in [0.717, 1.165) is 32.2 Å². The summed E-state index contributed by atoms with van der Waals surface area (Å²) < 4.78 is 120. The van der Waals surface area contributed by atoms with Gasteiger partial charge in [-0.1, -0.05) is 48.5 Å². The van der Waals surface area contributed by atoms with E-state index in [0.29, 0.717) is 15.2 Å². The van der Waals surface area contributed by atoms with Crippen LogP contribution in [-0.4, -0.2) is 45.2 Å². The lowest BCUT2D eigenvalue weighted by Crippen LogP contribution is -2.48. The van der Waals surface area contributed by atoms with E-state index in [4.69, 9.17) is 9.47 Å². The van der Waals surface area contributed by atoms with Crippen LogP contribution in [0.25, 0.3) is 11.1 Å². The summed E-state index contributed by atoms with van der Waals surface area (Å²) in [5.74, 6) is -2.78. The minimum Gasteiger partial charge on any atom is -0.494 e. The summed E-state index contributed by atoms with van der Waals surface area (Å²) in [5.41, 5.74) is -7.83. The fourth-order valence-electron chi connectivity index (χ4n) is 5.31. The van der Waals surface area contributed by atoms with E-state index in [1.165, 1.54) is 63.2 Å². The van der Waals surface area contributed by atoms with Crippen LogP contribution in [-0.2, 0) is 34.3 Å². The standard InChI is InChI=1S/C33H32F5N3O8S/c1-19-27(21-13-9-16-26(48-5)28(21)35)29(42)40(30(43)39(19)17-22-23(33(36,37)38)14-10-15-24(22)34)18-25(20-11-7-6-8-12-20)41(50(45,46)47)31(44)49-32(2,3)4/h6-16,25H,17-18H2,1-5H3,(H,45,46,47)/t25-/m0/s1. The SMILES string of the molecule is COc1cccc(-c2c(C)n(Cc3c(F)cccc3C(F)(F)F)c(=O)n(C[C@@H](c3ccccc3)N(C(=O)OC(C)(C)C)S(=O)(=O)O)c2=O)c1F. The molecule has 50 heavy (non-hydrogen) atoms. The van der Waals surface area contributed by atoms with E-state index in [9.17, 15) is 40.5 Å². The molecule has 0 bridgehead atoms. The van der Waals surface area contributed by atoms with Crippen molar-refractivity contribution in [2.24, 2.45) is 0 Å². The normalized spacial score (nSPS) is 12.8. The van der Waals surface area contributed by atoms with E-state index in [-0.39, 0.29) is 21.3 Å². The highest BCUT2D eigenvalue weighted by Gasteiger charge is 2.39. The minimum atomic E-state index is -5.52. The molecule has 0 aliphatic carbocycles. The van der Waals surface area contributed by atoms with Crippen LogP contribution in [0, 0.1) is 18.6 Å². The fraction of sp³-hybridized carbons (Fsp3) is 0.303. The summed E-state index contributed by atoms with van der Waals surface area (Å²) in [5, 5.41) is 0. The molecule has 0 radical (unpaired) electrons. The molecule has 4 rings (SSSR count). The average molecular weight is 726 g/mol. The molecular weight excluding hydrogens is 693 g/mol. The molecule has 1 heterocycles. The molecule has 1 aromatic heterocycles. The third kappa shape index (κ3) is 7.89. The molecule has 0 saturated carbocycles. The third-order valence-corrected chi connectivity index (χ3v) is 8.43. The minimum absolute atomic E-state index is 0.0445. The Kier molecular flexibility index (Phi) is 10.6. The van der Waals surface area contributed by atoms with Crippen molar-refractivity contribution in [1.29, 1.82) is 0 Å². The Hall–Kier alpha value is -5.03. The average Bonchev–Trinajstić information content (AvgIpc) is 3.00. The van der Waals surface area contributed by atoms with Crippen molar-refractivity contribution in [2.75, 3.05) is 7.11 Å². The summed E-state index contributed by atoms with van der Waals surface area (Å²) in [6.45, 7) is 3.16. The van der Waals surface area contributed by atoms with Gasteiger partial charge in [0.1, 0.15) is 11.4 Å². The Labute approximate surface area is 283 Å². The smallest absolute Gasteiger partial charge is 0.426 e. The monoisotopic (exact) mass is 725 g/mol. The molecule has 0 fully saturated rings. The molecule has 0 saturated heterocycles. The zero-order valence-electron chi connectivity index (χ0n) is 27.3. The first-order valence-electron chi connectivity index (χ1n) is 14.7. The van der Waals surface area contributed by atoms with Crippen molar-refractivity contribution in [3.05, 3.63) is 122 Å². The Morgan fingerprint density at radius 2 is 1.56 bits per heavy atom. The van der Waals surface area contributed by atoms with Gasteiger partial charge in [-0.25, -0.2) is 18.4 Å². The van der Waals surface area contributed by atoms with E-state index >= 15 is 8.78 Å². The number of hydrogen-bond acceptors (Lipinski definition) is 7. The highest BCUT2D eigenvalue weighted by Crippen LogP contribution is 2.35. The molecule has 268 valence electrons. The van der Waals surface area contributed by atoms with Crippen molar-refractivity contribution in [3.8, 4) is 16.9 Å². The van der Waals surface area contributed by atoms with Crippen molar-refractivity contribution in [1.82, 2.24) is 13.4 Å². The molecule has 1 atom stereocenters. The number of alkyl halides is 3. The Morgan fingerprint density at radius 3 is 2.12 bits per heavy atom. The Bertz CT molecular complexity index is 2140. The first-order chi connectivity index (χ1) is 23.2. The number of methoxy groups -OCH3 is 1. The zero-order valence-corrected chi connectivity index (χ0v) is 28.1. The molecule has 3 aromatic carbocycles. The topological polar surface area (TPSA) is 137 Å². The Balaban J connectivity index is 2.10. The number of ether oxygens (including phenoxy) is 2. The molecule has 0 unspecified atom stereocenters. The number of amides is 1. The van der Waals surface area contributed by atoms with Gasteiger partial charge < -0.3 is 9.47 Å². The second-order valence-electron chi connectivity index (χ2n) is 12.0. The molecule has 11 nitrogen and oxygen atoms in total. The van der Waals surface area contributed by atoms with Gasteiger partial charge in [0.25, 0.3) is 5.56 Å². The van der Waals surface area contributed by atoms with E-state index in [2.05, 4.69) is 0 Å². The number of rotatable bonds is 9. The lowest BCUT2D eigenvalue weighted by molar-refractivity contribution is -0.138. The number of aromatic nitrogens is 2. The number of carbonyl (C=O) groups excluding carboxylic acids is 1. The maximum atomic E-state index is 15.7. The van der Waals surface area contributed by atoms with Gasteiger partial charge in [-0.3, -0.25) is 18.5 Å². The largest absolute Gasteiger partial charge is 0.494 e. The van der Waals surface area contributed by atoms with Crippen LogP contribution in [0.5, 0.6) is 5.75 Å². The molecule has 4 aromatic rings. The molecular formula is C33H32F5N3O8S. The van der Waals surface area contributed by atoms with E-state index < -0.39 is 92.4 Å². The summed E-state index contributed by atoms with van der Waals surface area (Å²) >= 11 is 0. The van der Waals surface area contributed by atoms with Gasteiger partial charge in [-0.15, -0.1) is 0 Å². The lowest BCUT2D eigenvalue weighted by Gasteiger charge is -2.31. The predicted molar refractivity (Wildman–Crippen MR) is 171 cm³/mol. The zero-order chi connectivity index (χ0) is 37.3. The Morgan fingerprint density at radius 1 is 0.940 bits per heavy atom. The molecule has 0 aliphatic rings. The van der Waals surface area contributed by atoms with Crippen molar-refractivity contribution in [3.63, 3.8) is 0 Å². The second-order valence-corrected chi connectivity index (χ2v) is 13.3. The predicted octanol–water partition coefficient (Wildman–Crippen LogP) is 6.12. The van der Waals surface area contributed by atoms with Crippen LogP contribution in [0.2, 0.25) is 0 Å². The van der Waals surface area contributed by atoms with Crippen molar-refractivity contribution < 1.29 is 49.2 Å². The number of carbonyl (C=O) groups is 1. The molecule has 1 N–H and O–H groups in total. The highest BCUT2D eigenvalue weighted by molar-refractivity contribution is 7.84. The highest BCUT2D eigenvalue weighted by atomic mass is 32.2. The molecule has 1 amide bonds. The summed E-state index contributed by atoms with van der Waals surface area (Å²) in [4.78, 5) is 41.7. The van der Waals surface area contributed by atoms with Crippen LogP contribution < -0.4 is 16.0 Å². The van der Waals surface area contributed by atoms with Crippen LogP contribution in [0.3, 0.4) is 0 Å². The lowest BCUT2D eigenvalue weighted by atomic mass is 10.0. The first kappa shape index (κ1) is 37.8. The molecule has 0 aliphatic heterocycles. The summed E-state index contributed by atoms with van der Waals surface area (Å²) in [6, 6.07) is 10.9. The van der Waals surface area contributed by atoms with Gasteiger partial charge in [-0.05, 0) is 51.5 Å². The maximum Gasteiger partial charge on any atom is 0.426 e. The molecule has 0 spiro atoms. The van der Waals surface area contributed by atoms with Gasteiger partial charge in [-0.2, -0.15) is 25.9 Å². The van der Waals surface area contributed by atoms with E-state index in [1.807, 2.05) is 0 Å². The van der Waals surface area contributed by atoms with Gasteiger partial charge in [0.2, 0.25) is 0 Å². The van der Waals surface area contributed by atoms with E-state index in [1.54, 1.807) is 0 Å². The van der Waals surface area contributed by atoms with Gasteiger partial charge in [0.15, 0.2) is 11.6 Å². The van der Waals surface area contributed by atoms with Crippen LogP contribution in [0.1, 0.15) is 49.2 Å². The summed E-state index contributed by atoms with van der Waals surface area (Å²) in [7, 11) is -4.38. The van der Waals surface area contributed by atoms with Gasteiger partial charge in [0.05, 0.1) is 37.4 Å². The first-order valence-corrected chi connectivity index (χ1v) is 16.1.